The summed E-state index contributed by atoms with van der Waals surface area (Å²) >= 11 is 8.89. The lowest BCUT2D eigenvalue weighted by Crippen LogP contribution is -2.16. The molecule has 0 aliphatic carbocycles. The summed E-state index contributed by atoms with van der Waals surface area (Å²) < 4.78 is 7.43. The van der Waals surface area contributed by atoms with E-state index in [1.807, 2.05) is 13.1 Å². The van der Waals surface area contributed by atoms with Crippen LogP contribution >= 0.6 is 43.2 Å². The van der Waals surface area contributed by atoms with E-state index in [9.17, 15) is 0 Å². The zero-order valence-electron chi connectivity index (χ0n) is 11.0. The molecule has 0 bridgehead atoms. The first-order valence-electron chi connectivity index (χ1n) is 5.83. The predicted molar refractivity (Wildman–Crippen MR) is 88.4 cm³/mol. The highest BCUT2D eigenvalue weighted by atomic mass is 79.9. The highest BCUT2D eigenvalue weighted by molar-refractivity contribution is 9.11. The minimum absolute atomic E-state index is 0.192. The van der Waals surface area contributed by atoms with Gasteiger partial charge >= 0.3 is 0 Å². The first kappa shape index (κ1) is 15.0. The lowest BCUT2D eigenvalue weighted by molar-refractivity contribution is 0.412. The molecule has 0 radical (unpaired) electrons. The van der Waals surface area contributed by atoms with Gasteiger partial charge in [0.25, 0.3) is 0 Å². The Balaban J connectivity index is 2.39. The molecule has 1 heterocycles. The van der Waals surface area contributed by atoms with Gasteiger partial charge in [-0.25, -0.2) is 0 Å². The summed E-state index contributed by atoms with van der Waals surface area (Å²) in [5.41, 5.74) is 2.48. The van der Waals surface area contributed by atoms with Crippen LogP contribution in [0.1, 0.15) is 22.0 Å². The van der Waals surface area contributed by atoms with Gasteiger partial charge in [0.2, 0.25) is 0 Å². The van der Waals surface area contributed by atoms with Crippen LogP contribution in [0.3, 0.4) is 0 Å². The fraction of sp³-hybridized carbons (Fsp3) is 0.286. The van der Waals surface area contributed by atoms with Gasteiger partial charge in [0, 0.05) is 4.88 Å². The molecule has 102 valence electrons. The van der Waals surface area contributed by atoms with Crippen molar-refractivity contribution in [3.63, 3.8) is 0 Å². The molecule has 1 aromatic heterocycles. The molecular formula is C14H15Br2NOS. The van der Waals surface area contributed by atoms with E-state index in [1.165, 1.54) is 19.8 Å². The summed E-state index contributed by atoms with van der Waals surface area (Å²) in [6.07, 6.45) is 0. The number of benzene rings is 1. The van der Waals surface area contributed by atoms with Crippen LogP contribution in [0.15, 0.2) is 32.5 Å². The van der Waals surface area contributed by atoms with E-state index >= 15 is 0 Å². The second-order valence-corrected chi connectivity index (χ2v) is 7.48. The Labute approximate surface area is 134 Å². The van der Waals surface area contributed by atoms with Crippen molar-refractivity contribution in [2.75, 3.05) is 14.2 Å². The standard InChI is InChI=1S/C14H15Br2NOS/c1-8-6-12(19-14(8)16)13(17-2)9-4-5-11(18-3)10(15)7-9/h4-7,13,17H,1-3H3. The van der Waals surface area contributed by atoms with Gasteiger partial charge in [0.05, 0.1) is 21.4 Å². The van der Waals surface area contributed by atoms with Crippen molar-refractivity contribution in [3.05, 3.63) is 48.5 Å². The highest BCUT2D eigenvalue weighted by Gasteiger charge is 2.16. The average molecular weight is 405 g/mol. The Morgan fingerprint density at radius 1 is 1.26 bits per heavy atom. The molecule has 1 unspecified atom stereocenters. The third kappa shape index (κ3) is 3.21. The number of nitrogens with one attached hydrogen (secondary N) is 1. The smallest absolute Gasteiger partial charge is 0.133 e. The summed E-state index contributed by atoms with van der Waals surface area (Å²) in [5.74, 6) is 0.849. The third-order valence-corrected chi connectivity index (χ3v) is 5.78. The molecule has 0 fully saturated rings. The average Bonchev–Trinajstić information content (AvgIpc) is 2.70. The van der Waals surface area contributed by atoms with Gasteiger partial charge in [-0.1, -0.05) is 6.07 Å². The molecule has 0 saturated heterocycles. The Kier molecular flexibility index (Phi) is 5.06. The van der Waals surface area contributed by atoms with Crippen molar-refractivity contribution in [1.29, 1.82) is 0 Å². The fourth-order valence-electron chi connectivity index (χ4n) is 1.96. The zero-order valence-corrected chi connectivity index (χ0v) is 14.9. The number of rotatable bonds is 4. The van der Waals surface area contributed by atoms with Crippen molar-refractivity contribution in [2.45, 2.75) is 13.0 Å². The van der Waals surface area contributed by atoms with E-state index in [2.05, 4.69) is 62.3 Å². The Bertz CT molecular complexity index is 563. The van der Waals surface area contributed by atoms with Crippen LogP contribution in [0.5, 0.6) is 5.75 Å². The summed E-state index contributed by atoms with van der Waals surface area (Å²) in [4.78, 5) is 1.30. The van der Waals surface area contributed by atoms with Crippen molar-refractivity contribution >= 4 is 43.2 Å². The first-order valence-corrected chi connectivity index (χ1v) is 8.23. The molecule has 0 saturated carbocycles. The van der Waals surface area contributed by atoms with Crippen LogP contribution in [0.25, 0.3) is 0 Å². The monoisotopic (exact) mass is 403 g/mol. The topological polar surface area (TPSA) is 21.3 Å². The minimum atomic E-state index is 0.192. The zero-order chi connectivity index (χ0) is 14.0. The number of methoxy groups -OCH3 is 1. The van der Waals surface area contributed by atoms with E-state index < -0.39 is 0 Å². The number of hydrogen-bond acceptors (Lipinski definition) is 3. The van der Waals surface area contributed by atoms with E-state index in [0.29, 0.717) is 0 Å². The summed E-state index contributed by atoms with van der Waals surface area (Å²) in [6.45, 7) is 2.11. The van der Waals surface area contributed by atoms with E-state index in [4.69, 9.17) is 4.74 Å². The normalized spacial score (nSPS) is 12.5. The molecule has 0 amide bonds. The quantitative estimate of drug-likeness (QED) is 0.782. The predicted octanol–water partition coefficient (Wildman–Crippen LogP) is 4.90. The molecule has 0 aliphatic rings. The second kappa shape index (κ2) is 6.39. The maximum absolute atomic E-state index is 5.27. The summed E-state index contributed by atoms with van der Waals surface area (Å²) in [5, 5.41) is 3.37. The maximum atomic E-state index is 5.27. The SMILES string of the molecule is CNC(c1ccc(OC)c(Br)c1)c1cc(C)c(Br)s1. The van der Waals surface area contributed by atoms with Gasteiger partial charge < -0.3 is 10.1 Å². The van der Waals surface area contributed by atoms with Gasteiger partial charge in [-0.15, -0.1) is 11.3 Å². The lowest BCUT2D eigenvalue weighted by atomic mass is 10.0. The lowest BCUT2D eigenvalue weighted by Gasteiger charge is -2.16. The number of halogens is 2. The van der Waals surface area contributed by atoms with Crippen LogP contribution in [-0.2, 0) is 0 Å². The Hall–Kier alpha value is -0.360. The van der Waals surface area contributed by atoms with Gasteiger partial charge in [-0.05, 0) is 75.2 Å². The van der Waals surface area contributed by atoms with Crippen molar-refractivity contribution in [1.82, 2.24) is 5.32 Å². The molecular weight excluding hydrogens is 390 g/mol. The second-order valence-electron chi connectivity index (χ2n) is 4.22. The van der Waals surface area contributed by atoms with Gasteiger partial charge in [0.15, 0.2) is 0 Å². The minimum Gasteiger partial charge on any atom is -0.496 e. The van der Waals surface area contributed by atoms with E-state index in [-0.39, 0.29) is 6.04 Å². The molecule has 5 heteroatoms. The van der Waals surface area contributed by atoms with Crippen LogP contribution in [0.4, 0.5) is 0 Å². The van der Waals surface area contributed by atoms with Crippen LogP contribution in [0.2, 0.25) is 0 Å². The number of aryl methyl sites for hydroxylation is 1. The maximum Gasteiger partial charge on any atom is 0.133 e. The molecule has 0 spiro atoms. The number of thiophene rings is 1. The van der Waals surface area contributed by atoms with Crippen molar-refractivity contribution < 1.29 is 4.74 Å². The number of ether oxygens (including phenoxy) is 1. The fourth-order valence-corrected chi connectivity index (χ4v) is 4.23. The van der Waals surface area contributed by atoms with Crippen molar-refractivity contribution in [2.24, 2.45) is 0 Å². The molecule has 19 heavy (non-hydrogen) atoms. The molecule has 0 aliphatic heterocycles. The molecule has 1 N–H and O–H groups in total. The molecule has 1 aromatic carbocycles. The van der Waals surface area contributed by atoms with E-state index in [1.54, 1.807) is 18.4 Å². The van der Waals surface area contributed by atoms with Crippen LogP contribution in [0, 0.1) is 6.92 Å². The molecule has 1 atom stereocenters. The van der Waals surface area contributed by atoms with E-state index in [0.717, 1.165) is 10.2 Å². The third-order valence-electron chi connectivity index (χ3n) is 2.96. The van der Waals surface area contributed by atoms with Crippen LogP contribution < -0.4 is 10.1 Å². The molecule has 2 nitrogen and oxygen atoms in total. The van der Waals surface area contributed by atoms with Crippen LogP contribution in [-0.4, -0.2) is 14.2 Å². The highest BCUT2D eigenvalue weighted by Crippen LogP contribution is 2.36. The van der Waals surface area contributed by atoms with Gasteiger partial charge in [-0.3, -0.25) is 0 Å². The largest absolute Gasteiger partial charge is 0.496 e. The van der Waals surface area contributed by atoms with Gasteiger partial charge in [0.1, 0.15) is 5.75 Å². The first-order chi connectivity index (χ1) is 9.06. The molecule has 2 rings (SSSR count). The summed E-state index contributed by atoms with van der Waals surface area (Å²) in [6, 6.07) is 8.58. The number of hydrogen-bond donors (Lipinski definition) is 1. The summed E-state index contributed by atoms with van der Waals surface area (Å²) in [7, 11) is 3.65. The Morgan fingerprint density at radius 3 is 2.47 bits per heavy atom. The van der Waals surface area contributed by atoms with Crippen molar-refractivity contribution in [3.8, 4) is 5.75 Å². The van der Waals surface area contributed by atoms with Gasteiger partial charge in [-0.2, -0.15) is 0 Å². The Morgan fingerprint density at radius 2 is 2.00 bits per heavy atom. The molecule has 2 aromatic rings.